The van der Waals surface area contributed by atoms with Gasteiger partial charge in [-0.25, -0.2) is 9.59 Å². The Hall–Kier alpha value is -4.48. The Kier molecular flexibility index (Phi) is 15.1. The Labute approximate surface area is 250 Å². The second kappa shape index (κ2) is 19.6. The Bertz CT molecular complexity index is 1250. The van der Waals surface area contributed by atoms with Gasteiger partial charge in [0.2, 0.25) is 0 Å². The van der Waals surface area contributed by atoms with Gasteiger partial charge >= 0.3 is 12.3 Å². The molecule has 0 aliphatic carbocycles. The molecular weight excluding hydrogens is 560 g/mol. The first-order valence-corrected chi connectivity index (χ1v) is 14.0. The standard InChI is InChI=1S/C32H38O11/c33-13-10-25-4-1-8-29(22-25)38-18-20-42-32(36)41-16-12-27-6-3-9-30(24-27)39-19-21-43-31(35)40-15-11-26-5-2-7-28(23-26)37-17-14-34/h1-9,22-24,33-34H,10-21H2. The number of hydrogen-bond acceptors (Lipinski definition) is 11. The third kappa shape index (κ3) is 13.8. The van der Waals surface area contributed by atoms with Crippen LogP contribution < -0.4 is 14.2 Å². The maximum absolute atomic E-state index is 11.8. The zero-order chi connectivity index (χ0) is 30.5. The second-order valence-corrected chi connectivity index (χ2v) is 9.08. The van der Waals surface area contributed by atoms with Crippen LogP contribution >= 0.6 is 0 Å². The lowest BCUT2D eigenvalue weighted by atomic mass is 10.1. The quantitative estimate of drug-likeness (QED) is 0.152. The summed E-state index contributed by atoms with van der Waals surface area (Å²) in [5.74, 6) is 1.86. The van der Waals surface area contributed by atoms with E-state index in [-0.39, 0.29) is 59.5 Å². The summed E-state index contributed by atoms with van der Waals surface area (Å²) in [5, 5.41) is 17.9. The van der Waals surface area contributed by atoms with Crippen LogP contribution in [0.1, 0.15) is 16.7 Å². The van der Waals surface area contributed by atoms with Gasteiger partial charge in [-0.15, -0.1) is 0 Å². The monoisotopic (exact) mass is 598 g/mol. The molecule has 3 aromatic rings. The fourth-order valence-electron chi connectivity index (χ4n) is 3.82. The lowest BCUT2D eigenvalue weighted by Crippen LogP contribution is -2.15. The lowest BCUT2D eigenvalue weighted by molar-refractivity contribution is 0.0457. The minimum absolute atomic E-state index is 0.0142. The molecule has 0 radical (unpaired) electrons. The molecular formula is C32H38O11. The van der Waals surface area contributed by atoms with Gasteiger partial charge in [-0.1, -0.05) is 36.4 Å². The van der Waals surface area contributed by atoms with Crippen LogP contribution in [0, 0.1) is 0 Å². The molecule has 0 atom stereocenters. The summed E-state index contributed by atoms with van der Waals surface area (Å²) >= 11 is 0. The molecule has 11 nitrogen and oxygen atoms in total. The molecule has 0 aliphatic heterocycles. The van der Waals surface area contributed by atoms with Crippen LogP contribution in [0.5, 0.6) is 17.2 Å². The highest BCUT2D eigenvalue weighted by atomic mass is 16.7. The van der Waals surface area contributed by atoms with Gasteiger partial charge < -0.3 is 43.4 Å². The number of aliphatic hydroxyl groups excluding tert-OH is 2. The van der Waals surface area contributed by atoms with Crippen molar-refractivity contribution in [2.45, 2.75) is 19.3 Å². The molecule has 0 aliphatic rings. The predicted molar refractivity (Wildman–Crippen MR) is 156 cm³/mol. The zero-order valence-electron chi connectivity index (χ0n) is 24.0. The largest absolute Gasteiger partial charge is 0.508 e. The first-order chi connectivity index (χ1) is 21.1. The van der Waals surface area contributed by atoms with Crippen molar-refractivity contribution in [3.05, 3.63) is 89.5 Å². The Morgan fingerprint density at radius 1 is 0.465 bits per heavy atom. The van der Waals surface area contributed by atoms with E-state index in [0.29, 0.717) is 36.5 Å². The Morgan fingerprint density at radius 3 is 1.28 bits per heavy atom. The zero-order valence-corrected chi connectivity index (χ0v) is 24.0. The van der Waals surface area contributed by atoms with Crippen LogP contribution in [0.3, 0.4) is 0 Å². The average Bonchev–Trinajstić information content (AvgIpc) is 3.01. The molecule has 11 heteroatoms. The molecule has 0 bridgehead atoms. The van der Waals surface area contributed by atoms with Crippen molar-refractivity contribution in [1.82, 2.24) is 0 Å². The summed E-state index contributed by atoms with van der Waals surface area (Å²) < 4.78 is 36.9. The van der Waals surface area contributed by atoms with Crippen molar-refractivity contribution in [2.75, 3.05) is 59.5 Å². The molecule has 3 aromatic carbocycles. The van der Waals surface area contributed by atoms with Gasteiger partial charge in [-0.05, 0) is 59.5 Å². The van der Waals surface area contributed by atoms with Gasteiger partial charge in [-0.2, -0.15) is 0 Å². The van der Waals surface area contributed by atoms with Gasteiger partial charge in [-0.3, -0.25) is 0 Å². The minimum atomic E-state index is -0.784. The van der Waals surface area contributed by atoms with Crippen molar-refractivity contribution < 1.29 is 53.0 Å². The molecule has 2 N–H and O–H groups in total. The number of carbonyl (C=O) groups is 2. The highest BCUT2D eigenvalue weighted by Gasteiger charge is 2.07. The molecule has 0 fully saturated rings. The average molecular weight is 599 g/mol. The van der Waals surface area contributed by atoms with E-state index in [1.807, 2.05) is 54.6 Å². The number of carbonyl (C=O) groups excluding carboxylic acids is 2. The molecule has 0 aromatic heterocycles. The number of rotatable bonds is 19. The second-order valence-electron chi connectivity index (χ2n) is 9.08. The summed E-state index contributed by atoms with van der Waals surface area (Å²) in [6, 6.07) is 22.0. The number of ether oxygens (including phenoxy) is 7. The fourth-order valence-corrected chi connectivity index (χ4v) is 3.82. The topological polar surface area (TPSA) is 139 Å². The Balaban J connectivity index is 1.23. The van der Waals surface area contributed by atoms with Gasteiger partial charge in [0, 0.05) is 19.4 Å². The smallest absolute Gasteiger partial charge is 0.491 e. The molecule has 3 rings (SSSR count). The van der Waals surface area contributed by atoms with E-state index in [1.165, 1.54) is 0 Å². The molecule has 43 heavy (non-hydrogen) atoms. The van der Waals surface area contributed by atoms with Crippen LogP contribution in [0.4, 0.5) is 9.59 Å². The third-order valence-electron chi connectivity index (χ3n) is 5.82. The first kappa shape index (κ1) is 33.0. The maximum Gasteiger partial charge on any atom is 0.508 e. The molecule has 0 saturated heterocycles. The van der Waals surface area contributed by atoms with E-state index < -0.39 is 12.3 Å². The minimum Gasteiger partial charge on any atom is -0.491 e. The summed E-state index contributed by atoms with van der Waals surface area (Å²) in [7, 11) is 0. The summed E-state index contributed by atoms with van der Waals surface area (Å²) in [6.45, 7) is 0.852. The molecule has 0 heterocycles. The molecule has 0 amide bonds. The van der Waals surface area contributed by atoms with Gasteiger partial charge in [0.25, 0.3) is 0 Å². The normalized spacial score (nSPS) is 10.5. The van der Waals surface area contributed by atoms with Gasteiger partial charge in [0.05, 0.1) is 19.8 Å². The maximum atomic E-state index is 11.8. The highest BCUT2D eigenvalue weighted by Crippen LogP contribution is 2.16. The number of aliphatic hydroxyl groups is 2. The van der Waals surface area contributed by atoms with Crippen molar-refractivity contribution >= 4 is 12.3 Å². The molecule has 0 unspecified atom stereocenters. The molecule has 0 spiro atoms. The first-order valence-electron chi connectivity index (χ1n) is 14.0. The fraction of sp³-hybridized carbons (Fsp3) is 0.375. The Morgan fingerprint density at radius 2 is 0.860 bits per heavy atom. The van der Waals surface area contributed by atoms with Crippen molar-refractivity contribution in [3.63, 3.8) is 0 Å². The molecule has 0 saturated carbocycles. The van der Waals surface area contributed by atoms with Crippen molar-refractivity contribution in [1.29, 1.82) is 0 Å². The van der Waals surface area contributed by atoms with Crippen LogP contribution in [0.25, 0.3) is 0 Å². The number of benzene rings is 3. The van der Waals surface area contributed by atoms with E-state index >= 15 is 0 Å². The SMILES string of the molecule is O=C(OCCOc1cccc(CCO)c1)OCCc1cccc(OCCOC(=O)OCCc2cccc(OCCO)c2)c1. The summed E-state index contributed by atoms with van der Waals surface area (Å²) in [5.41, 5.74) is 2.78. The van der Waals surface area contributed by atoms with Crippen LogP contribution in [0.15, 0.2) is 72.8 Å². The van der Waals surface area contributed by atoms with E-state index in [0.717, 1.165) is 16.7 Å². The number of hydrogen-bond donors (Lipinski definition) is 2. The van der Waals surface area contributed by atoms with Gasteiger partial charge in [0.1, 0.15) is 50.3 Å². The summed E-state index contributed by atoms with van der Waals surface area (Å²) in [4.78, 5) is 23.7. The van der Waals surface area contributed by atoms with Crippen molar-refractivity contribution in [3.8, 4) is 17.2 Å². The van der Waals surface area contributed by atoms with E-state index in [4.69, 9.17) is 43.4 Å². The van der Waals surface area contributed by atoms with Crippen molar-refractivity contribution in [2.24, 2.45) is 0 Å². The third-order valence-corrected chi connectivity index (χ3v) is 5.82. The van der Waals surface area contributed by atoms with Crippen LogP contribution in [0.2, 0.25) is 0 Å². The lowest BCUT2D eigenvalue weighted by Gasteiger charge is -2.10. The summed E-state index contributed by atoms with van der Waals surface area (Å²) in [6.07, 6.45) is -0.0725. The van der Waals surface area contributed by atoms with Crippen LogP contribution in [-0.2, 0) is 38.2 Å². The predicted octanol–water partition coefficient (Wildman–Crippen LogP) is 4.14. The van der Waals surface area contributed by atoms with Gasteiger partial charge in [0.15, 0.2) is 0 Å². The van der Waals surface area contributed by atoms with Crippen LogP contribution in [-0.4, -0.2) is 82.0 Å². The molecule has 232 valence electrons. The van der Waals surface area contributed by atoms with E-state index in [2.05, 4.69) is 0 Å². The van der Waals surface area contributed by atoms with E-state index in [1.54, 1.807) is 18.2 Å². The highest BCUT2D eigenvalue weighted by molar-refractivity contribution is 5.60. The van der Waals surface area contributed by atoms with E-state index in [9.17, 15) is 9.59 Å².